The van der Waals surface area contributed by atoms with E-state index in [2.05, 4.69) is 26.2 Å². The zero-order valence-corrected chi connectivity index (χ0v) is 8.14. The van der Waals surface area contributed by atoms with Gasteiger partial charge in [0.05, 0.1) is 17.6 Å². The van der Waals surface area contributed by atoms with Crippen molar-refractivity contribution in [2.75, 3.05) is 0 Å². The van der Waals surface area contributed by atoms with Gasteiger partial charge in [-0.05, 0) is 28.8 Å². The summed E-state index contributed by atoms with van der Waals surface area (Å²) in [4.78, 5) is 0. The van der Waals surface area contributed by atoms with Crippen molar-refractivity contribution >= 4 is 27.5 Å². The predicted molar refractivity (Wildman–Crippen MR) is 45.6 cm³/mol. The van der Waals surface area contributed by atoms with E-state index in [1.54, 1.807) is 0 Å². The minimum Gasteiger partial charge on any atom is -0.244 e. The van der Waals surface area contributed by atoms with Crippen molar-refractivity contribution in [1.29, 1.82) is 0 Å². The van der Waals surface area contributed by atoms with E-state index in [-0.39, 0.29) is 0 Å². The SMILES string of the molecule is ClCc1c(Br)nnn1C1CC1. The summed E-state index contributed by atoms with van der Waals surface area (Å²) in [6, 6.07) is 0.558. The fourth-order valence-corrected chi connectivity index (χ4v) is 1.83. The molecule has 0 radical (unpaired) electrons. The van der Waals surface area contributed by atoms with Gasteiger partial charge in [0, 0.05) is 0 Å². The van der Waals surface area contributed by atoms with Crippen LogP contribution in [0.1, 0.15) is 24.6 Å². The smallest absolute Gasteiger partial charge is 0.152 e. The van der Waals surface area contributed by atoms with Crippen molar-refractivity contribution in [3.8, 4) is 0 Å². The van der Waals surface area contributed by atoms with Gasteiger partial charge in [-0.2, -0.15) is 0 Å². The molecule has 11 heavy (non-hydrogen) atoms. The van der Waals surface area contributed by atoms with Gasteiger partial charge >= 0.3 is 0 Å². The van der Waals surface area contributed by atoms with Crippen LogP contribution in [0.3, 0.4) is 0 Å². The van der Waals surface area contributed by atoms with Gasteiger partial charge in [0.1, 0.15) is 0 Å². The van der Waals surface area contributed by atoms with Crippen LogP contribution in [-0.2, 0) is 5.88 Å². The maximum absolute atomic E-state index is 5.72. The Hall–Kier alpha value is -0.0900. The van der Waals surface area contributed by atoms with Crippen molar-refractivity contribution in [3.63, 3.8) is 0 Å². The molecule has 1 aliphatic carbocycles. The minimum atomic E-state index is 0.476. The number of aromatic nitrogens is 3. The van der Waals surface area contributed by atoms with Gasteiger partial charge in [-0.1, -0.05) is 5.21 Å². The number of rotatable bonds is 2. The number of alkyl halides is 1. The van der Waals surface area contributed by atoms with E-state index in [1.165, 1.54) is 12.8 Å². The summed E-state index contributed by atoms with van der Waals surface area (Å²) >= 11 is 9.01. The monoisotopic (exact) mass is 235 g/mol. The van der Waals surface area contributed by atoms with Gasteiger partial charge < -0.3 is 0 Å². The summed E-state index contributed by atoms with van der Waals surface area (Å²) in [5.74, 6) is 0.476. The first-order valence-electron chi connectivity index (χ1n) is 3.48. The van der Waals surface area contributed by atoms with Crippen LogP contribution in [0, 0.1) is 0 Å². The Kier molecular flexibility index (Phi) is 1.89. The molecular weight excluding hydrogens is 229 g/mol. The summed E-state index contributed by atoms with van der Waals surface area (Å²) in [7, 11) is 0. The Morgan fingerprint density at radius 3 is 2.91 bits per heavy atom. The Balaban J connectivity index is 2.36. The maximum Gasteiger partial charge on any atom is 0.152 e. The molecule has 2 rings (SSSR count). The quantitative estimate of drug-likeness (QED) is 0.737. The lowest BCUT2D eigenvalue weighted by Gasteiger charge is -1.99. The molecule has 0 unspecified atom stereocenters. The number of hydrogen-bond acceptors (Lipinski definition) is 2. The van der Waals surface area contributed by atoms with Gasteiger partial charge in [0.25, 0.3) is 0 Å². The molecule has 3 nitrogen and oxygen atoms in total. The van der Waals surface area contributed by atoms with E-state index < -0.39 is 0 Å². The first-order chi connectivity index (χ1) is 5.33. The zero-order valence-electron chi connectivity index (χ0n) is 5.80. The van der Waals surface area contributed by atoms with E-state index in [9.17, 15) is 0 Å². The number of nitrogens with zero attached hydrogens (tertiary/aromatic N) is 3. The van der Waals surface area contributed by atoms with Gasteiger partial charge in [-0.3, -0.25) is 0 Å². The molecular formula is C6H7BrClN3. The highest BCUT2D eigenvalue weighted by Crippen LogP contribution is 2.36. The van der Waals surface area contributed by atoms with E-state index in [0.717, 1.165) is 10.3 Å². The van der Waals surface area contributed by atoms with Crippen LogP contribution in [0.5, 0.6) is 0 Å². The molecule has 0 saturated heterocycles. The lowest BCUT2D eigenvalue weighted by atomic mass is 10.5. The molecule has 0 N–H and O–H groups in total. The van der Waals surface area contributed by atoms with E-state index in [0.29, 0.717) is 11.9 Å². The van der Waals surface area contributed by atoms with Crippen molar-refractivity contribution in [2.24, 2.45) is 0 Å². The third-order valence-electron chi connectivity index (χ3n) is 1.76. The van der Waals surface area contributed by atoms with Crippen LogP contribution in [0.15, 0.2) is 4.60 Å². The second-order valence-corrected chi connectivity index (χ2v) is 3.65. The molecule has 1 aliphatic rings. The molecule has 60 valence electrons. The Bertz CT molecular complexity index is 269. The maximum atomic E-state index is 5.72. The first-order valence-corrected chi connectivity index (χ1v) is 4.81. The molecule has 0 spiro atoms. The molecule has 1 aromatic rings. The fourth-order valence-electron chi connectivity index (χ4n) is 1.02. The van der Waals surface area contributed by atoms with Gasteiger partial charge in [0.2, 0.25) is 0 Å². The fraction of sp³-hybridized carbons (Fsp3) is 0.667. The normalized spacial score (nSPS) is 17.3. The molecule has 1 heterocycles. The van der Waals surface area contributed by atoms with Crippen molar-refractivity contribution < 1.29 is 0 Å². The molecule has 0 aromatic carbocycles. The largest absolute Gasteiger partial charge is 0.244 e. The van der Waals surface area contributed by atoms with Crippen molar-refractivity contribution in [2.45, 2.75) is 24.8 Å². The highest BCUT2D eigenvalue weighted by atomic mass is 79.9. The number of hydrogen-bond donors (Lipinski definition) is 0. The van der Waals surface area contributed by atoms with Crippen LogP contribution in [-0.4, -0.2) is 15.0 Å². The van der Waals surface area contributed by atoms with E-state index in [1.807, 2.05) is 4.68 Å². The average Bonchev–Trinajstić information content (AvgIpc) is 2.76. The van der Waals surface area contributed by atoms with Crippen molar-refractivity contribution in [3.05, 3.63) is 10.3 Å². The molecule has 1 fully saturated rings. The third kappa shape index (κ3) is 1.29. The van der Waals surface area contributed by atoms with Crippen LogP contribution in [0.25, 0.3) is 0 Å². The molecule has 0 aliphatic heterocycles. The number of halogens is 2. The molecule has 1 saturated carbocycles. The molecule has 1 aromatic heterocycles. The minimum absolute atomic E-state index is 0.476. The lowest BCUT2D eigenvalue weighted by Crippen LogP contribution is -2.00. The standard InChI is InChI=1S/C6H7BrClN3/c7-6-5(3-8)11(10-9-6)4-1-2-4/h4H,1-3H2. The van der Waals surface area contributed by atoms with Gasteiger partial charge in [-0.25, -0.2) is 4.68 Å². The average molecular weight is 236 g/mol. The summed E-state index contributed by atoms with van der Waals surface area (Å²) in [6.45, 7) is 0. The molecule has 0 amide bonds. The summed E-state index contributed by atoms with van der Waals surface area (Å²) < 4.78 is 2.69. The zero-order chi connectivity index (χ0) is 7.84. The highest BCUT2D eigenvalue weighted by molar-refractivity contribution is 9.10. The highest BCUT2D eigenvalue weighted by Gasteiger charge is 2.27. The molecule has 0 atom stereocenters. The second kappa shape index (κ2) is 2.75. The van der Waals surface area contributed by atoms with Crippen LogP contribution >= 0.6 is 27.5 Å². The van der Waals surface area contributed by atoms with Crippen molar-refractivity contribution in [1.82, 2.24) is 15.0 Å². The van der Waals surface area contributed by atoms with E-state index >= 15 is 0 Å². The Labute approximate surface area is 77.9 Å². The second-order valence-electron chi connectivity index (χ2n) is 2.64. The Morgan fingerprint density at radius 1 is 1.64 bits per heavy atom. The van der Waals surface area contributed by atoms with Gasteiger partial charge in [0.15, 0.2) is 4.60 Å². The summed E-state index contributed by atoms with van der Waals surface area (Å²) in [5, 5.41) is 7.88. The summed E-state index contributed by atoms with van der Waals surface area (Å²) in [5.41, 5.74) is 0.995. The predicted octanol–water partition coefficient (Wildman–Crippen LogP) is 2.11. The van der Waals surface area contributed by atoms with Crippen LogP contribution in [0.2, 0.25) is 0 Å². The molecule has 5 heteroatoms. The topological polar surface area (TPSA) is 30.7 Å². The van der Waals surface area contributed by atoms with Crippen LogP contribution < -0.4 is 0 Å². The molecule has 0 bridgehead atoms. The third-order valence-corrected chi connectivity index (χ3v) is 2.63. The lowest BCUT2D eigenvalue weighted by molar-refractivity contribution is 0.593. The van der Waals surface area contributed by atoms with Crippen LogP contribution in [0.4, 0.5) is 0 Å². The first kappa shape index (κ1) is 7.55. The van der Waals surface area contributed by atoms with E-state index in [4.69, 9.17) is 11.6 Å². The van der Waals surface area contributed by atoms with Gasteiger partial charge in [-0.15, -0.1) is 16.7 Å². The Morgan fingerprint density at radius 2 is 2.36 bits per heavy atom. The summed E-state index contributed by atoms with van der Waals surface area (Å²) in [6.07, 6.45) is 2.42.